The maximum absolute atomic E-state index is 12.7. The third-order valence-electron chi connectivity index (χ3n) is 3.13. The molecule has 1 unspecified atom stereocenters. The van der Waals surface area contributed by atoms with Crippen LogP contribution in [0.3, 0.4) is 0 Å². The second-order valence-corrected chi connectivity index (χ2v) is 7.04. The Hall–Kier alpha value is -0.990. The summed E-state index contributed by atoms with van der Waals surface area (Å²) in [7, 11) is -3.72. The number of alkyl halides is 3. The Morgan fingerprint density at radius 1 is 1.38 bits per heavy atom. The first kappa shape index (κ1) is 16.4. The quantitative estimate of drug-likeness (QED) is 0.884. The Balaban J connectivity index is 2.15. The van der Waals surface area contributed by atoms with Gasteiger partial charge in [0.1, 0.15) is 0 Å². The number of rotatable bonds is 4. The molecule has 21 heavy (non-hydrogen) atoms. The zero-order valence-corrected chi connectivity index (χ0v) is 12.4. The van der Waals surface area contributed by atoms with E-state index in [1.165, 1.54) is 6.07 Å². The SMILES string of the molecule is O=S(=O)(CC1CCCN1)Nc1ccc(Cl)c(C(F)(F)F)c1. The van der Waals surface area contributed by atoms with Gasteiger partial charge in [0.15, 0.2) is 0 Å². The summed E-state index contributed by atoms with van der Waals surface area (Å²) in [5.74, 6) is -0.170. The first-order chi connectivity index (χ1) is 9.67. The van der Waals surface area contributed by atoms with E-state index in [2.05, 4.69) is 10.0 Å². The fraction of sp³-hybridized carbons (Fsp3) is 0.500. The Morgan fingerprint density at radius 3 is 2.67 bits per heavy atom. The zero-order valence-electron chi connectivity index (χ0n) is 10.9. The standard InChI is InChI=1S/C12H14ClF3N2O2S/c13-11-4-3-8(6-10(11)12(14,15)16)18-21(19,20)7-9-2-1-5-17-9/h3-4,6,9,17-18H,1-2,5,7H2. The summed E-state index contributed by atoms with van der Waals surface area (Å²) in [6.07, 6.45) is -3.01. The van der Waals surface area contributed by atoms with Crippen molar-refractivity contribution in [3.05, 3.63) is 28.8 Å². The molecule has 1 aromatic carbocycles. The van der Waals surface area contributed by atoms with Crippen LogP contribution in [-0.4, -0.2) is 26.8 Å². The number of halogens is 4. The van der Waals surface area contributed by atoms with Crippen LogP contribution in [0, 0.1) is 0 Å². The summed E-state index contributed by atoms with van der Waals surface area (Å²) >= 11 is 5.48. The lowest BCUT2D eigenvalue weighted by atomic mass is 10.2. The molecule has 0 bridgehead atoms. The normalized spacial score (nSPS) is 19.7. The summed E-state index contributed by atoms with van der Waals surface area (Å²) in [5.41, 5.74) is -1.21. The van der Waals surface area contributed by atoms with Crippen LogP contribution in [0.1, 0.15) is 18.4 Å². The summed E-state index contributed by atoms with van der Waals surface area (Å²) in [6.45, 7) is 0.749. The molecule has 118 valence electrons. The Bertz CT molecular complexity index is 613. The van der Waals surface area contributed by atoms with Gasteiger partial charge < -0.3 is 5.32 Å². The van der Waals surface area contributed by atoms with Crippen LogP contribution in [-0.2, 0) is 16.2 Å². The van der Waals surface area contributed by atoms with E-state index in [0.29, 0.717) is 6.07 Å². The van der Waals surface area contributed by atoms with Crippen LogP contribution in [0.25, 0.3) is 0 Å². The fourth-order valence-corrected chi connectivity index (χ4v) is 3.80. The highest BCUT2D eigenvalue weighted by atomic mass is 35.5. The fourth-order valence-electron chi connectivity index (χ4n) is 2.19. The van der Waals surface area contributed by atoms with Crippen LogP contribution in [0.2, 0.25) is 5.02 Å². The number of sulfonamides is 1. The van der Waals surface area contributed by atoms with Gasteiger partial charge in [0.2, 0.25) is 10.0 Å². The van der Waals surface area contributed by atoms with Crippen LogP contribution in [0.4, 0.5) is 18.9 Å². The summed E-state index contributed by atoms with van der Waals surface area (Å²) < 4.78 is 64.2. The van der Waals surface area contributed by atoms with E-state index >= 15 is 0 Å². The first-order valence-corrected chi connectivity index (χ1v) is 8.31. The molecule has 0 aromatic heterocycles. The van der Waals surface area contributed by atoms with Crippen LogP contribution in [0.5, 0.6) is 0 Å². The number of benzene rings is 1. The lowest BCUT2D eigenvalue weighted by Crippen LogP contribution is -2.32. The molecule has 0 amide bonds. The summed E-state index contributed by atoms with van der Waals surface area (Å²) in [4.78, 5) is 0. The molecule has 2 N–H and O–H groups in total. The third kappa shape index (κ3) is 4.49. The summed E-state index contributed by atoms with van der Waals surface area (Å²) in [6, 6.07) is 2.76. The highest BCUT2D eigenvalue weighted by molar-refractivity contribution is 7.92. The van der Waals surface area contributed by atoms with Crippen molar-refractivity contribution >= 4 is 27.3 Å². The van der Waals surface area contributed by atoms with Crippen molar-refractivity contribution in [3.63, 3.8) is 0 Å². The van der Waals surface area contributed by atoms with Crippen molar-refractivity contribution in [2.75, 3.05) is 17.0 Å². The molecule has 1 aliphatic heterocycles. The minimum absolute atomic E-state index is 0.148. The molecule has 1 saturated heterocycles. The predicted octanol–water partition coefficient (Wildman–Crippen LogP) is 2.85. The molecule has 1 heterocycles. The van der Waals surface area contributed by atoms with E-state index in [1.54, 1.807) is 0 Å². The van der Waals surface area contributed by atoms with E-state index in [1.807, 2.05) is 0 Å². The lowest BCUT2D eigenvalue weighted by Gasteiger charge is -2.15. The van der Waals surface area contributed by atoms with E-state index in [-0.39, 0.29) is 17.5 Å². The van der Waals surface area contributed by atoms with Gasteiger partial charge in [0, 0.05) is 11.7 Å². The maximum Gasteiger partial charge on any atom is 0.417 e. The third-order valence-corrected chi connectivity index (χ3v) is 4.85. The molecule has 1 fully saturated rings. The monoisotopic (exact) mass is 342 g/mol. The second-order valence-electron chi connectivity index (χ2n) is 4.87. The average Bonchev–Trinajstić information content (AvgIpc) is 2.81. The number of nitrogens with one attached hydrogen (secondary N) is 2. The number of anilines is 1. The molecule has 4 nitrogen and oxygen atoms in total. The Labute approximate surface area is 125 Å². The molecule has 1 atom stereocenters. The highest BCUT2D eigenvalue weighted by Gasteiger charge is 2.33. The van der Waals surface area contributed by atoms with Crippen molar-refractivity contribution in [1.29, 1.82) is 0 Å². The smallest absolute Gasteiger partial charge is 0.313 e. The van der Waals surface area contributed by atoms with Gasteiger partial charge in [-0.05, 0) is 37.6 Å². The molecule has 0 spiro atoms. The molecule has 0 aliphatic carbocycles. The first-order valence-electron chi connectivity index (χ1n) is 6.28. The molecule has 9 heteroatoms. The summed E-state index contributed by atoms with van der Waals surface area (Å²) in [5, 5.41) is 2.55. The van der Waals surface area contributed by atoms with Gasteiger partial charge in [-0.15, -0.1) is 0 Å². The average molecular weight is 343 g/mol. The second kappa shape index (κ2) is 6.02. The molecule has 1 aliphatic rings. The van der Waals surface area contributed by atoms with Gasteiger partial charge in [-0.3, -0.25) is 4.72 Å². The minimum atomic E-state index is -4.63. The van der Waals surface area contributed by atoms with Gasteiger partial charge in [-0.25, -0.2) is 8.42 Å². The van der Waals surface area contributed by atoms with E-state index in [4.69, 9.17) is 11.6 Å². The molecule has 0 saturated carbocycles. The van der Waals surface area contributed by atoms with E-state index < -0.39 is 26.8 Å². The number of hydrogen-bond donors (Lipinski definition) is 2. The molecular formula is C12H14ClF3N2O2S. The van der Waals surface area contributed by atoms with Crippen molar-refractivity contribution < 1.29 is 21.6 Å². The van der Waals surface area contributed by atoms with Crippen LogP contribution in [0.15, 0.2) is 18.2 Å². The van der Waals surface area contributed by atoms with Gasteiger partial charge in [0.05, 0.1) is 16.3 Å². The van der Waals surface area contributed by atoms with Crippen molar-refractivity contribution in [1.82, 2.24) is 5.32 Å². The largest absolute Gasteiger partial charge is 0.417 e. The van der Waals surface area contributed by atoms with Gasteiger partial charge in [-0.1, -0.05) is 11.6 Å². The van der Waals surface area contributed by atoms with E-state index in [9.17, 15) is 21.6 Å². The van der Waals surface area contributed by atoms with Crippen LogP contribution >= 0.6 is 11.6 Å². The topological polar surface area (TPSA) is 58.2 Å². The minimum Gasteiger partial charge on any atom is -0.313 e. The van der Waals surface area contributed by atoms with Gasteiger partial charge in [0.25, 0.3) is 0 Å². The van der Waals surface area contributed by atoms with Crippen LogP contribution < -0.4 is 10.0 Å². The molecule has 0 radical (unpaired) electrons. The highest BCUT2D eigenvalue weighted by Crippen LogP contribution is 2.36. The van der Waals surface area contributed by atoms with Gasteiger partial charge >= 0.3 is 6.18 Å². The van der Waals surface area contributed by atoms with Crippen molar-refractivity contribution in [2.45, 2.75) is 25.1 Å². The van der Waals surface area contributed by atoms with Crippen molar-refractivity contribution in [2.24, 2.45) is 0 Å². The number of hydrogen-bond acceptors (Lipinski definition) is 3. The van der Waals surface area contributed by atoms with Gasteiger partial charge in [-0.2, -0.15) is 13.2 Å². The molecule has 2 rings (SSSR count). The predicted molar refractivity (Wildman–Crippen MR) is 74.9 cm³/mol. The zero-order chi connectivity index (χ0) is 15.7. The molecule has 1 aromatic rings. The molecular weight excluding hydrogens is 329 g/mol. The maximum atomic E-state index is 12.7. The lowest BCUT2D eigenvalue weighted by molar-refractivity contribution is -0.137. The van der Waals surface area contributed by atoms with E-state index in [0.717, 1.165) is 25.5 Å². The Kier molecular flexibility index (Phi) is 4.69. The Morgan fingerprint density at radius 2 is 2.10 bits per heavy atom. The van der Waals surface area contributed by atoms with Crippen molar-refractivity contribution in [3.8, 4) is 0 Å².